The largest absolute Gasteiger partial charge is 0.152 e. The molecule has 0 aliphatic heterocycles. The number of hydrogen-bond donors (Lipinski definition) is 0. The van der Waals surface area contributed by atoms with E-state index in [1.54, 1.807) is 0 Å². The van der Waals surface area contributed by atoms with Crippen LogP contribution in [0.15, 0.2) is 121 Å². The Kier molecular flexibility index (Phi) is 6.27. The summed E-state index contributed by atoms with van der Waals surface area (Å²) in [7, 11) is -5.28. The van der Waals surface area contributed by atoms with Gasteiger partial charge in [0.1, 0.15) is 3.58 Å². The summed E-state index contributed by atoms with van der Waals surface area (Å²) in [6.07, 6.45) is 0. The lowest BCUT2D eigenvalue weighted by molar-refractivity contribution is 1.42. The topological polar surface area (TPSA) is 0 Å². The Balaban J connectivity index is 2.05. The van der Waals surface area contributed by atoms with Gasteiger partial charge in [0.2, 0.25) is 0 Å². The Morgan fingerprint density at radius 1 is 0.419 bits per heavy atom. The monoisotopic (exact) mass is 476 g/mol. The van der Waals surface area contributed by atoms with Crippen molar-refractivity contribution in [3.8, 4) is 0 Å². The Labute approximate surface area is 197 Å². The van der Waals surface area contributed by atoms with Gasteiger partial charge >= 0.3 is 0 Å². The second-order valence-corrected chi connectivity index (χ2v) is 19.7. The van der Waals surface area contributed by atoms with Crippen LogP contribution in [-0.2, 0) is 0 Å². The van der Waals surface area contributed by atoms with E-state index in [-0.39, 0.29) is 0 Å². The average Bonchev–Trinajstić information content (AvgIpc) is 2.85. The van der Waals surface area contributed by atoms with Gasteiger partial charge < -0.3 is 0 Å². The Bertz CT molecular complexity index is 945. The summed E-state index contributed by atoms with van der Waals surface area (Å²) < 4.78 is -0.953. The van der Waals surface area contributed by atoms with E-state index in [2.05, 4.69) is 134 Å². The summed E-state index contributed by atoms with van der Waals surface area (Å²) in [4.78, 5) is 0. The van der Waals surface area contributed by atoms with Gasteiger partial charge in [0.05, 0.1) is 0 Å². The quantitative estimate of drug-likeness (QED) is 0.270. The SMILES string of the molecule is C[Si](c1ccccc1)(c1ccccc1)C(Cl)(Cl)[Si](C)(c1ccccc1)c1ccccc1. The first-order valence-corrected chi connectivity index (χ1v) is 16.3. The smallest absolute Gasteiger partial charge is 0.108 e. The third kappa shape index (κ3) is 3.62. The van der Waals surface area contributed by atoms with Crippen molar-refractivity contribution < 1.29 is 0 Å². The normalized spacial score (nSPS) is 12.5. The van der Waals surface area contributed by atoms with E-state index < -0.39 is 19.7 Å². The molecule has 4 aromatic carbocycles. The van der Waals surface area contributed by atoms with E-state index in [1.165, 1.54) is 20.7 Å². The third-order valence-electron chi connectivity index (χ3n) is 6.66. The van der Waals surface area contributed by atoms with Gasteiger partial charge in [0, 0.05) is 0 Å². The Morgan fingerprint density at radius 3 is 0.806 bits per heavy atom. The van der Waals surface area contributed by atoms with E-state index >= 15 is 0 Å². The molecule has 0 amide bonds. The van der Waals surface area contributed by atoms with Crippen molar-refractivity contribution >= 4 is 60.1 Å². The second-order valence-electron chi connectivity index (χ2n) is 8.29. The molecule has 0 atom stereocenters. The van der Waals surface area contributed by atoms with E-state index in [4.69, 9.17) is 23.2 Å². The average molecular weight is 478 g/mol. The van der Waals surface area contributed by atoms with Gasteiger partial charge in [-0.3, -0.25) is 0 Å². The van der Waals surface area contributed by atoms with Crippen LogP contribution in [-0.4, -0.2) is 19.7 Å². The molecule has 0 spiro atoms. The molecule has 0 fully saturated rings. The summed E-state index contributed by atoms with van der Waals surface area (Å²) >= 11 is 15.6. The second kappa shape index (κ2) is 8.80. The number of alkyl halides is 2. The molecule has 4 rings (SSSR count). The molecule has 0 aromatic heterocycles. The standard InChI is InChI=1S/C27H26Cl2Si2/c1-30(23-15-7-3-8-16-23,24-17-9-4-10-18-24)27(28,29)31(2,25-19-11-5-12-20-25)26-21-13-6-14-22-26/h3-22H,1-2H3. The third-order valence-corrected chi connectivity index (χ3v) is 22.7. The van der Waals surface area contributed by atoms with Gasteiger partial charge in [-0.05, 0) is 0 Å². The summed E-state index contributed by atoms with van der Waals surface area (Å²) in [6, 6.07) is 42.6. The van der Waals surface area contributed by atoms with Gasteiger partial charge in [0.25, 0.3) is 0 Å². The lowest BCUT2D eigenvalue weighted by Gasteiger charge is -2.49. The molecule has 0 heterocycles. The maximum atomic E-state index is 7.78. The van der Waals surface area contributed by atoms with Crippen molar-refractivity contribution in [1.82, 2.24) is 0 Å². The Morgan fingerprint density at radius 2 is 0.613 bits per heavy atom. The molecule has 0 saturated carbocycles. The maximum absolute atomic E-state index is 7.78. The van der Waals surface area contributed by atoms with Crippen LogP contribution in [0.3, 0.4) is 0 Å². The van der Waals surface area contributed by atoms with Crippen molar-refractivity contribution in [2.75, 3.05) is 0 Å². The fourth-order valence-corrected chi connectivity index (χ4v) is 18.5. The molecule has 0 nitrogen and oxygen atoms in total. The van der Waals surface area contributed by atoms with Crippen molar-refractivity contribution in [1.29, 1.82) is 0 Å². The first-order valence-electron chi connectivity index (χ1n) is 10.5. The Hall–Kier alpha value is -2.11. The van der Waals surface area contributed by atoms with Crippen molar-refractivity contribution in [3.63, 3.8) is 0 Å². The highest BCUT2D eigenvalue weighted by molar-refractivity contribution is 7.30. The highest BCUT2D eigenvalue weighted by atomic mass is 35.5. The molecule has 0 bridgehead atoms. The fraction of sp³-hybridized carbons (Fsp3) is 0.111. The van der Waals surface area contributed by atoms with Crippen molar-refractivity contribution in [2.45, 2.75) is 16.7 Å². The van der Waals surface area contributed by atoms with E-state index in [9.17, 15) is 0 Å². The molecule has 156 valence electrons. The minimum Gasteiger partial charge on any atom is -0.108 e. The molecule has 0 radical (unpaired) electrons. The van der Waals surface area contributed by atoms with Gasteiger partial charge in [-0.15, -0.1) is 23.2 Å². The molecule has 31 heavy (non-hydrogen) atoms. The number of rotatable bonds is 6. The van der Waals surface area contributed by atoms with Gasteiger partial charge in [0.15, 0.2) is 16.1 Å². The summed E-state index contributed by atoms with van der Waals surface area (Å²) in [5, 5.41) is 4.99. The maximum Gasteiger partial charge on any atom is 0.152 e. The molecular weight excluding hydrogens is 451 g/mol. The highest BCUT2D eigenvalue weighted by Crippen LogP contribution is 2.40. The molecule has 0 saturated heterocycles. The first-order chi connectivity index (χ1) is 14.9. The number of halogens is 2. The molecule has 0 unspecified atom stereocenters. The van der Waals surface area contributed by atoms with Crippen LogP contribution in [0.25, 0.3) is 0 Å². The predicted molar refractivity (Wildman–Crippen MR) is 142 cm³/mol. The zero-order valence-corrected chi connectivity index (χ0v) is 21.3. The van der Waals surface area contributed by atoms with Crippen LogP contribution in [0.2, 0.25) is 13.1 Å². The molecule has 0 aliphatic rings. The zero-order valence-electron chi connectivity index (χ0n) is 17.8. The lowest BCUT2D eigenvalue weighted by Crippen LogP contribution is -2.81. The van der Waals surface area contributed by atoms with Crippen molar-refractivity contribution in [3.05, 3.63) is 121 Å². The van der Waals surface area contributed by atoms with Crippen LogP contribution in [0.1, 0.15) is 0 Å². The highest BCUT2D eigenvalue weighted by Gasteiger charge is 2.62. The molecule has 0 N–H and O–H groups in total. The predicted octanol–water partition coefficient (Wildman–Crippen LogP) is 5.02. The molecule has 4 heteroatoms. The van der Waals surface area contributed by atoms with Crippen LogP contribution >= 0.6 is 23.2 Å². The van der Waals surface area contributed by atoms with E-state index in [0.717, 1.165) is 0 Å². The number of benzene rings is 4. The van der Waals surface area contributed by atoms with Gasteiger partial charge in [-0.1, -0.05) is 155 Å². The van der Waals surface area contributed by atoms with Gasteiger partial charge in [-0.25, -0.2) is 0 Å². The summed E-state index contributed by atoms with van der Waals surface area (Å²) in [5.41, 5.74) is 0. The first kappa shape index (κ1) is 22.1. The van der Waals surface area contributed by atoms with Crippen LogP contribution in [0.5, 0.6) is 0 Å². The molecule has 4 aromatic rings. The number of hydrogen-bond acceptors (Lipinski definition) is 0. The van der Waals surface area contributed by atoms with E-state index in [1.807, 2.05) is 0 Å². The lowest BCUT2D eigenvalue weighted by atomic mass is 10.4. The van der Waals surface area contributed by atoms with Crippen LogP contribution in [0.4, 0.5) is 0 Å². The van der Waals surface area contributed by atoms with Crippen LogP contribution < -0.4 is 20.7 Å². The van der Waals surface area contributed by atoms with E-state index in [0.29, 0.717) is 0 Å². The van der Waals surface area contributed by atoms with Crippen LogP contribution in [0, 0.1) is 0 Å². The summed E-state index contributed by atoms with van der Waals surface area (Å²) in [6.45, 7) is 4.66. The van der Waals surface area contributed by atoms with Gasteiger partial charge in [-0.2, -0.15) is 0 Å². The van der Waals surface area contributed by atoms with Crippen molar-refractivity contribution in [2.24, 2.45) is 0 Å². The minimum atomic E-state index is -2.64. The fourth-order valence-electron chi connectivity index (χ4n) is 4.64. The minimum absolute atomic E-state index is 0.953. The molecule has 0 aliphatic carbocycles. The summed E-state index contributed by atoms with van der Waals surface area (Å²) in [5.74, 6) is 0. The zero-order chi connectivity index (χ0) is 22.0. The molecular formula is C27H26Cl2Si2.